The van der Waals surface area contributed by atoms with Crippen LogP contribution in [0.2, 0.25) is 0 Å². The maximum Gasteiger partial charge on any atom is 0.118 e. The number of hydrogen-bond donors (Lipinski definition) is 2. The number of carboxylic acid groups (broad SMARTS) is 1. The average Bonchev–Trinajstić information content (AvgIpc) is 2.08. The molecule has 0 radical (unpaired) electrons. The molecule has 4 nitrogen and oxygen atoms in total. The van der Waals surface area contributed by atoms with Crippen LogP contribution in [0.25, 0.3) is 0 Å². The Balaban J connectivity index is 2.74. The zero-order valence-corrected chi connectivity index (χ0v) is 6.80. The summed E-state index contributed by atoms with van der Waals surface area (Å²) in [7, 11) is 0. The zero-order chi connectivity index (χ0) is 9.84. The van der Waals surface area contributed by atoms with Gasteiger partial charge in [-0.25, -0.2) is 0 Å². The third-order valence-corrected chi connectivity index (χ3v) is 1.68. The summed E-state index contributed by atoms with van der Waals surface area (Å²) in [6.45, 7) is 0. The van der Waals surface area contributed by atoms with Crippen molar-refractivity contribution in [2.75, 3.05) is 0 Å². The minimum atomic E-state index is -1.58. The van der Waals surface area contributed by atoms with Crippen molar-refractivity contribution in [2.24, 2.45) is 0 Å². The Hall–Kier alpha value is -1.55. The van der Waals surface area contributed by atoms with Crippen molar-refractivity contribution in [3.63, 3.8) is 0 Å². The summed E-state index contributed by atoms with van der Waals surface area (Å²) >= 11 is 0. The van der Waals surface area contributed by atoms with Gasteiger partial charge in [0.05, 0.1) is 12.1 Å². The van der Waals surface area contributed by atoms with Gasteiger partial charge in [-0.15, -0.1) is 0 Å². The van der Waals surface area contributed by atoms with E-state index in [0.29, 0.717) is 5.56 Å². The monoisotopic (exact) mass is 181 g/mol. The van der Waals surface area contributed by atoms with Crippen LogP contribution in [0.4, 0.5) is 0 Å². The van der Waals surface area contributed by atoms with E-state index >= 15 is 0 Å². The van der Waals surface area contributed by atoms with Crippen molar-refractivity contribution in [2.45, 2.75) is 12.5 Å². The Morgan fingerprint density at radius 1 is 1.46 bits per heavy atom. The number of carbonyl (C=O) groups excluding carboxylic acids is 1. The first kappa shape index (κ1) is 9.54. The third-order valence-electron chi connectivity index (χ3n) is 1.68. The van der Waals surface area contributed by atoms with Crippen molar-refractivity contribution in [3.05, 3.63) is 29.8 Å². The van der Waals surface area contributed by atoms with E-state index in [1.54, 1.807) is 18.2 Å². The molecule has 1 unspecified atom stereocenters. The summed E-state index contributed by atoms with van der Waals surface area (Å²) in [4.78, 5) is 10.2. The number of carboxylic acids is 1. The molecule has 0 aliphatic rings. The van der Waals surface area contributed by atoms with E-state index in [-0.39, 0.29) is 12.2 Å². The number of hydrogen-bond acceptors (Lipinski definition) is 4. The molecule has 0 fully saturated rings. The van der Waals surface area contributed by atoms with Gasteiger partial charge in [0.2, 0.25) is 0 Å². The molecule has 4 heteroatoms. The first-order chi connectivity index (χ1) is 6.11. The van der Waals surface area contributed by atoms with Gasteiger partial charge in [-0.2, -0.15) is 0 Å². The molecule has 1 aromatic rings. The largest absolute Gasteiger partial charge is 0.547 e. The minimum Gasteiger partial charge on any atom is -0.547 e. The highest BCUT2D eigenvalue weighted by Gasteiger charge is 2.08. The van der Waals surface area contributed by atoms with Crippen LogP contribution in [0.15, 0.2) is 24.3 Å². The lowest BCUT2D eigenvalue weighted by Crippen LogP contribution is -2.36. The van der Waals surface area contributed by atoms with E-state index in [1.165, 1.54) is 6.07 Å². The van der Waals surface area contributed by atoms with Crippen molar-refractivity contribution < 1.29 is 20.1 Å². The van der Waals surface area contributed by atoms with Crippen LogP contribution in [-0.2, 0) is 11.2 Å². The number of benzene rings is 1. The summed E-state index contributed by atoms with van der Waals surface area (Å²) in [5.74, 6) is -1.56. The van der Waals surface area contributed by atoms with Crippen molar-refractivity contribution in [1.29, 1.82) is 0 Å². The van der Waals surface area contributed by atoms with E-state index in [2.05, 4.69) is 0 Å². The first-order valence-electron chi connectivity index (χ1n) is 3.77. The first-order valence-corrected chi connectivity index (χ1v) is 3.77. The third kappa shape index (κ3) is 2.45. The molecule has 0 amide bonds. The molecule has 0 bridgehead atoms. The molecule has 0 saturated carbocycles. The van der Waals surface area contributed by atoms with Crippen molar-refractivity contribution in [1.82, 2.24) is 0 Å². The number of aliphatic hydroxyl groups is 1. The highest BCUT2D eigenvalue weighted by Crippen LogP contribution is 2.16. The number of aliphatic carboxylic acids is 1. The maximum absolute atomic E-state index is 10.2. The molecule has 0 saturated heterocycles. The van der Waals surface area contributed by atoms with Gasteiger partial charge in [0, 0.05) is 6.42 Å². The summed E-state index contributed by atoms with van der Waals surface area (Å²) < 4.78 is 0. The molecule has 70 valence electrons. The van der Waals surface area contributed by atoms with E-state index < -0.39 is 12.1 Å². The van der Waals surface area contributed by atoms with Crippen LogP contribution in [0.1, 0.15) is 5.56 Å². The SMILES string of the molecule is O=C([O-])C(O)Cc1ccccc1O. The minimum absolute atomic E-state index is 0.0252. The van der Waals surface area contributed by atoms with E-state index in [0.717, 1.165) is 0 Å². The Bertz CT molecular complexity index is 308. The molecule has 0 aliphatic carbocycles. The predicted molar refractivity (Wildman–Crippen MR) is 42.8 cm³/mol. The van der Waals surface area contributed by atoms with Gasteiger partial charge in [-0.1, -0.05) is 18.2 Å². The van der Waals surface area contributed by atoms with Crippen LogP contribution in [0.5, 0.6) is 5.75 Å². The summed E-state index contributed by atoms with van der Waals surface area (Å²) in [6, 6.07) is 6.24. The summed E-state index contributed by atoms with van der Waals surface area (Å²) in [5, 5.41) is 28.3. The normalized spacial score (nSPS) is 12.4. The number of rotatable bonds is 3. The Kier molecular flexibility index (Phi) is 2.87. The highest BCUT2D eigenvalue weighted by atomic mass is 16.4. The second-order valence-electron chi connectivity index (χ2n) is 2.67. The highest BCUT2D eigenvalue weighted by molar-refractivity contribution is 5.70. The second kappa shape index (κ2) is 3.91. The Morgan fingerprint density at radius 3 is 2.62 bits per heavy atom. The van der Waals surface area contributed by atoms with Crippen LogP contribution in [0, 0.1) is 0 Å². The molecule has 0 aliphatic heterocycles. The van der Waals surface area contributed by atoms with Crippen molar-refractivity contribution in [3.8, 4) is 5.75 Å². The summed E-state index contributed by atoms with van der Waals surface area (Å²) in [6.07, 6.45) is -1.72. The van der Waals surface area contributed by atoms with Gasteiger partial charge in [-0.3, -0.25) is 0 Å². The number of phenols is 1. The van der Waals surface area contributed by atoms with Crippen LogP contribution >= 0.6 is 0 Å². The molecule has 0 spiro atoms. The summed E-state index contributed by atoms with van der Waals surface area (Å²) in [5.41, 5.74) is 0.388. The number of phenolic OH excluding ortho intramolecular Hbond substituents is 1. The van der Waals surface area contributed by atoms with E-state index in [1.807, 2.05) is 0 Å². The van der Waals surface area contributed by atoms with Gasteiger partial charge in [0.25, 0.3) is 0 Å². The van der Waals surface area contributed by atoms with Crippen LogP contribution in [-0.4, -0.2) is 22.3 Å². The molecule has 0 aromatic heterocycles. The Morgan fingerprint density at radius 2 is 2.08 bits per heavy atom. The second-order valence-corrected chi connectivity index (χ2v) is 2.67. The molecule has 1 atom stereocenters. The molecule has 13 heavy (non-hydrogen) atoms. The number of aromatic hydroxyl groups is 1. The average molecular weight is 181 g/mol. The molecule has 1 aromatic carbocycles. The number of aliphatic hydroxyl groups excluding tert-OH is 1. The molecular formula is C9H9O4-. The van der Waals surface area contributed by atoms with Gasteiger partial charge < -0.3 is 20.1 Å². The van der Waals surface area contributed by atoms with Crippen LogP contribution < -0.4 is 5.11 Å². The lowest BCUT2D eigenvalue weighted by molar-refractivity contribution is -0.314. The maximum atomic E-state index is 10.2. The quantitative estimate of drug-likeness (QED) is 0.629. The predicted octanol–water partition coefficient (Wildman–Crippen LogP) is -0.955. The number of para-hydroxylation sites is 1. The molecule has 1 rings (SSSR count). The standard InChI is InChI=1S/C9H10O4/c10-7-4-2-1-3-6(7)5-8(11)9(12)13/h1-4,8,10-11H,5H2,(H,12,13)/p-1. The van der Waals surface area contributed by atoms with Crippen molar-refractivity contribution >= 4 is 5.97 Å². The lowest BCUT2D eigenvalue weighted by atomic mass is 10.1. The van der Waals surface area contributed by atoms with Crippen LogP contribution in [0.3, 0.4) is 0 Å². The zero-order valence-electron chi connectivity index (χ0n) is 6.80. The topological polar surface area (TPSA) is 80.6 Å². The molecular weight excluding hydrogens is 172 g/mol. The number of carbonyl (C=O) groups is 1. The van der Waals surface area contributed by atoms with Gasteiger partial charge >= 0.3 is 0 Å². The molecule has 2 N–H and O–H groups in total. The Labute approximate surface area is 75.1 Å². The molecule has 0 heterocycles. The fourth-order valence-corrected chi connectivity index (χ4v) is 0.975. The van der Waals surface area contributed by atoms with E-state index in [9.17, 15) is 15.0 Å². The lowest BCUT2D eigenvalue weighted by Gasteiger charge is -2.11. The van der Waals surface area contributed by atoms with Gasteiger partial charge in [0.15, 0.2) is 0 Å². The van der Waals surface area contributed by atoms with Gasteiger partial charge in [0.1, 0.15) is 5.75 Å². The van der Waals surface area contributed by atoms with E-state index in [4.69, 9.17) is 5.11 Å². The van der Waals surface area contributed by atoms with Gasteiger partial charge in [-0.05, 0) is 11.6 Å². The smallest absolute Gasteiger partial charge is 0.118 e. The fourth-order valence-electron chi connectivity index (χ4n) is 0.975. The fraction of sp³-hybridized carbons (Fsp3) is 0.222.